The Kier molecular flexibility index (Phi) is 9.77. The molecule has 1 aliphatic rings. The number of thiophene rings is 1. The third kappa shape index (κ3) is 6.54. The fourth-order valence-electron chi connectivity index (χ4n) is 4.70. The molecule has 0 unspecified atom stereocenters. The van der Waals surface area contributed by atoms with Gasteiger partial charge in [-0.05, 0) is 56.0 Å². The molecule has 1 aliphatic carbocycles. The highest BCUT2D eigenvalue weighted by Crippen LogP contribution is 2.39. The van der Waals surface area contributed by atoms with E-state index in [-0.39, 0.29) is 13.1 Å². The van der Waals surface area contributed by atoms with E-state index >= 15 is 0 Å². The van der Waals surface area contributed by atoms with Crippen LogP contribution >= 0.6 is 22.9 Å². The molecular weight excluding hydrogens is 532 g/mol. The number of aromatic nitrogens is 2. The lowest BCUT2D eigenvalue weighted by Gasteiger charge is -2.28. The average Bonchev–Trinajstić information content (AvgIpc) is 3.28. The van der Waals surface area contributed by atoms with Crippen LogP contribution in [-0.2, 0) is 25.9 Å². The number of rotatable bonds is 12. The van der Waals surface area contributed by atoms with Gasteiger partial charge in [-0.15, -0.1) is 11.3 Å². The molecule has 4 rings (SSSR count). The van der Waals surface area contributed by atoms with Crippen molar-refractivity contribution in [2.24, 2.45) is 0 Å². The molecular formula is C26H35ClN4O6S. The predicted octanol–water partition coefficient (Wildman–Crippen LogP) is 1.71. The summed E-state index contributed by atoms with van der Waals surface area (Å²) in [6.45, 7) is 0.0550. The summed E-state index contributed by atoms with van der Waals surface area (Å²) in [4.78, 5) is 13.6. The summed E-state index contributed by atoms with van der Waals surface area (Å²) in [5.41, 5.74) is 2.28. The minimum atomic E-state index is -1.67. The second kappa shape index (κ2) is 12.8. The van der Waals surface area contributed by atoms with Crippen LogP contribution in [0.2, 0.25) is 5.02 Å². The van der Waals surface area contributed by atoms with Crippen LogP contribution < -0.4 is 10.1 Å². The van der Waals surface area contributed by atoms with E-state index < -0.39 is 31.0 Å². The van der Waals surface area contributed by atoms with Gasteiger partial charge in [0.15, 0.2) is 0 Å². The molecule has 0 saturated carbocycles. The number of aliphatic hydroxyl groups excluding tert-OH is 5. The first kappa shape index (κ1) is 28.9. The van der Waals surface area contributed by atoms with Crippen LogP contribution in [0.15, 0.2) is 18.2 Å². The molecule has 0 saturated heterocycles. The number of benzene rings is 1. The van der Waals surface area contributed by atoms with Crippen LogP contribution in [0, 0.1) is 0 Å². The van der Waals surface area contributed by atoms with E-state index in [0.717, 1.165) is 47.3 Å². The van der Waals surface area contributed by atoms with Crippen molar-refractivity contribution in [2.45, 2.75) is 63.2 Å². The normalized spacial score (nSPS) is 16.8. The van der Waals surface area contributed by atoms with Crippen molar-refractivity contribution in [1.29, 1.82) is 0 Å². The number of likely N-dealkylation sites (N-methyl/N-ethyl adjacent to an activating group) is 1. The number of halogens is 1. The van der Waals surface area contributed by atoms with E-state index in [2.05, 4.69) is 5.32 Å². The van der Waals surface area contributed by atoms with E-state index in [4.69, 9.17) is 31.4 Å². The fraction of sp³-hybridized carbons (Fsp3) is 0.538. The number of anilines is 1. The lowest BCUT2D eigenvalue weighted by atomic mass is 9.97. The highest BCUT2D eigenvalue weighted by molar-refractivity contribution is 7.19. The van der Waals surface area contributed by atoms with Gasteiger partial charge < -0.3 is 35.6 Å². The van der Waals surface area contributed by atoms with Gasteiger partial charge in [0.25, 0.3) is 0 Å². The summed E-state index contributed by atoms with van der Waals surface area (Å²) < 4.78 is 5.25. The van der Waals surface area contributed by atoms with Gasteiger partial charge in [0.1, 0.15) is 40.5 Å². The molecule has 1 aromatic carbocycles. The zero-order valence-electron chi connectivity index (χ0n) is 21.5. The predicted molar refractivity (Wildman–Crippen MR) is 147 cm³/mol. The molecule has 0 radical (unpaired) electrons. The Morgan fingerprint density at radius 3 is 2.55 bits per heavy atom. The van der Waals surface area contributed by atoms with E-state index in [0.29, 0.717) is 23.1 Å². The zero-order valence-corrected chi connectivity index (χ0v) is 23.0. The minimum Gasteiger partial charge on any atom is -0.495 e. The molecule has 38 heavy (non-hydrogen) atoms. The molecule has 0 aliphatic heterocycles. The van der Waals surface area contributed by atoms with Crippen LogP contribution in [0.1, 0.15) is 34.7 Å². The molecule has 0 amide bonds. The Balaban J connectivity index is 1.55. The molecule has 0 spiro atoms. The number of fused-ring (bicyclic) bond motifs is 3. The summed E-state index contributed by atoms with van der Waals surface area (Å²) >= 11 is 8.00. The van der Waals surface area contributed by atoms with Crippen LogP contribution in [0.5, 0.6) is 5.75 Å². The van der Waals surface area contributed by atoms with E-state index in [1.807, 2.05) is 18.2 Å². The molecule has 208 valence electrons. The molecule has 2 heterocycles. The Labute approximate surface area is 230 Å². The minimum absolute atomic E-state index is 0.00811. The number of aryl methyl sites for hydroxylation is 2. The van der Waals surface area contributed by atoms with Gasteiger partial charge in [-0.2, -0.15) is 0 Å². The largest absolute Gasteiger partial charge is 0.495 e. The summed E-state index contributed by atoms with van der Waals surface area (Å²) in [6.07, 6.45) is -1.88. The van der Waals surface area contributed by atoms with Crippen molar-refractivity contribution in [2.75, 3.05) is 32.6 Å². The van der Waals surface area contributed by atoms with Gasteiger partial charge in [-0.3, -0.25) is 4.90 Å². The Morgan fingerprint density at radius 2 is 1.84 bits per heavy atom. The van der Waals surface area contributed by atoms with Crippen molar-refractivity contribution in [1.82, 2.24) is 14.9 Å². The van der Waals surface area contributed by atoms with Gasteiger partial charge in [-0.1, -0.05) is 17.7 Å². The highest BCUT2D eigenvalue weighted by atomic mass is 35.5. The molecule has 3 aromatic rings. The Morgan fingerprint density at radius 1 is 1.11 bits per heavy atom. The van der Waals surface area contributed by atoms with Gasteiger partial charge in [0.2, 0.25) is 0 Å². The van der Waals surface area contributed by atoms with Crippen molar-refractivity contribution in [3.8, 4) is 5.75 Å². The van der Waals surface area contributed by atoms with Crippen LogP contribution in [0.3, 0.4) is 0 Å². The Hall–Kier alpha value is -2.09. The number of aliphatic hydroxyl groups is 5. The lowest BCUT2D eigenvalue weighted by Crippen LogP contribution is -2.49. The molecule has 6 N–H and O–H groups in total. The zero-order chi connectivity index (χ0) is 27.4. The molecule has 0 fully saturated rings. The summed E-state index contributed by atoms with van der Waals surface area (Å²) in [5.74, 6) is 1.90. The monoisotopic (exact) mass is 566 g/mol. The third-order valence-corrected chi connectivity index (χ3v) is 8.25. The van der Waals surface area contributed by atoms with Crippen LogP contribution in [-0.4, -0.2) is 92.1 Å². The molecule has 12 heteroatoms. The molecule has 0 bridgehead atoms. The number of methoxy groups -OCH3 is 1. The molecule has 10 nitrogen and oxygen atoms in total. The maximum absolute atomic E-state index is 10.4. The van der Waals surface area contributed by atoms with Gasteiger partial charge in [0.05, 0.1) is 36.8 Å². The maximum Gasteiger partial charge on any atom is 0.146 e. The summed E-state index contributed by atoms with van der Waals surface area (Å²) in [5, 5.41) is 54.1. The average molecular weight is 567 g/mol. The van der Waals surface area contributed by atoms with E-state index in [9.17, 15) is 20.4 Å². The first-order chi connectivity index (χ1) is 18.2. The standard InChI is InChI=1S/C26H35ClN4O6S/c1-31(11-17(33)23(35)24(36)18(34)13-32)12-21-29-25(28-10-14-7-8-19(37-2)16(27)9-14)22-15-5-3-4-6-20(15)38-26(22)30-21/h7-9,17-18,23-24,32-36H,3-6,10-13H2,1-2H3,(H,28,29,30)/t17-,18+,23-,24+/m1/s1. The SMILES string of the molecule is COc1ccc(CNc2nc(CN(C)C[C@@H](O)[C@@H](O)[C@@H](O)[C@@H](O)CO)nc3sc4c(c23)CCCC4)cc1Cl. The maximum atomic E-state index is 10.4. The van der Waals surface area contributed by atoms with Crippen LogP contribution in [0.4, 0.5) is 5.82 Å². The number of nitrogens with one attached hydrogen (secondary N) is 1. The number of hydrogen-bond acceptors (Lipinski definition) is 11. The van der Waals surface area contributed by atoms with Gasteiger partial charge in [-0.25, -0.2) is 9.97 Å². The first-order valence-electron chi connectivity index (χ1n) is 12.6. The second-order valence-corrected chi connectivity index (χ2v) is 11.2. The van der Waals surface area contributed by atoms with Gasteiger partial charge >= 0.3 is 0 Å². The summed E-state index contributed by atoms with van der Waals surface area (Å²) in [7, 11) is 3.32. The topological polar surface area (TPSA) is 151 Å². The molecule has 4 atom stereocenters. The number of ether oxygens (including phenoxy) is 1. The lowest BCUT2D eigenvalue weighted by molar-refractivity contribution is -0.119. The quantitative estimate of drug-likeness (QED) is 0.191. The van der Waals surface area contributed by atoms with Crippen LogP contribution in [0.25, 0.3) is 10.2 Å². The number of nitrogens with zero attached hydrogens (tertiary/aromatic N) is 3. The second-order valence-electron chi connectivity index (χ2n) is 9.70. The first-order valence-corrected chi connectivity index (χ1v) is 13.8. The van der Waals surface area contributed by atoms with Crippen molar-refractivity contribution >= 4 is 39.0 Å². The van der Waals surface area contributed by atoms with E-state index in [1.165, 1.54) is 10.4 Å². The fourth-order valence-corrected chi connectivity index (χ4v) is 6.26. The van der Waals surface area contributed by atoms with E-state index in [1.54, 1.807) is 30.4 Å². The smallest absolute Gasteiger partial charge is 0.146 e. The van der Waals surface area contributed by atoms with Crippen molar-refractivity contribution < 1.29 is 30.3 Å². The number of hydrogen-bond donors (Lipinski definition) is 6. The summed E-state index contributed by atoms with van der Waals surface area (Å²) in [6, 6.07) is 5.64. The van der Waals surface area contributed by atoms with Gasteiger partial charge in [0, 0.05) is 18.0 Å². The highest BCUT2D eigenvalue weighted by Gasteiger charge is 2.31. The van der Waals surface area contributed by atoms with Crippen molar-refractivity contribution in [3.05, 3.63) is 45.1 Å². The Bertz CT molecular complexity index is 1240. The van der Waals surface area contributed by atoms with Crippen molar-refractivity contribution in [3.63, 3.8) is 0 Å². The molecule has 2 aromatic heterocycles. The third-order valence-electron chi connectivity index (χ3n) is 6.77.